The summed E-state index contributed by atoms with van der Waals surface area (Å²) in [6.07, 6.45) is 1.55. The Bertz CT molecular complexity index is 577. The van der Waals surface area contributed by atoms with Crippen LogP contribution in [-0.4, -0.2) is 10.1 Å². The van der Waals surface area contributed by atoms with Crippen molar-refractivity contribution in [2.75, 3.05) is 11.1 Å². The van der Waals surface area contributed by atoms with Crippen LogP contribution in [0.2, 0.25) is 5.02 Å². The van der Waals surface area contributed by atoms with Gasteiger partial charge in [-0.05, 0) is 40.2 Å². The second kappa shape index (κ2) is 5.46. The molecule has 94 valence electrons. The van der Waals surface area contributed by atoms with Crippen LogP contribution in [0.1, 0.15) is 5.56 Å². The summed E-state index contributed by atoms with van der Waals surface area (Å²) in [6, 6.07) is 6.67. The molecule has 0 bridgehead atoms. The van der Waals surface area contributed by atoms with Crippen molar-refractivity contribution in [1.82, 2.24) is 4.98 Å². The molecule has 1 aromatic heterocycles. The first-order valence-corrected chi connectivity index (χ1v) is 6.35. The molecule has 0 saturated heterocycles. The van der Waals surface area contributed by atoms with E-state index in [2.05, 4.69) is 26.2 Å². The van der Waals surface area contributed by atoms with E-state index in [1.807, 2.05) is 0 Å². The fourth-order valence-electron chi connectivity index (χ4n) is 1.47. The molecule has 18 heavy (non-hydrogen) atoms. The minimum atomic E-state index is 0.196. The number of phenols is 1. The van der Waals surface area contributed by atoms with Crippen molar-refractivity contribution in [3.8, 4) is 5.75 Å². The summed E-state index contributed by atoms with van der Waals surface area (Å²) < 4.78 is 0.762. The second-order valence-corrected chi connectivity index (χ2v) is 5.02. The number of nitrogens with two attached hydrogens (primary N) is 1. The molecule has 2 aromatic rings. The van der Waals surface area contributed by atoms with Crippen molar-refractivity contribution in [1.29, 1.82) is 0 Å². The molecule has 0 radical (unpaired) electrons. The second-order valence-electron chi connectivity index (χ2n) is 3.73. The van der Waals surface area contributed by atoms with Gasteiger partial charge in [0.15, 0.2) is 0 Å². The topological polar surface area (TPSA) is 71.2 Å². The lowest BCUT2D eigenvalue weighted by molar-refractivity contribution is 0.469. The monoisotopic (exact) mass is 327 g/mol. The van der Waals surface area contributed by atoms with Crippen LogP contribution in [0.15, 0.2) is 34.9 Å². The van der Waals surface area contributed by atoms with Crippen LogP contribution in [0.4, 0.5) is 11.5 Å². The van der Waals surface area contributed by atoms with Crippen LogP contribution in [-0.2, 0) is 6.54 Å². The van der Waals surface area contributed by atoms with Crippen molar-refractivity contribution in [3.63, 3.8) is 0 Å². The molecule has 1 heterocycles. The third-order valence-corrected chi connectivity index (χ3v) is 3.17. The summed E-state index contributed by atoms with van der Waals surface area (Å²) in [4.78, 5) is 4.14. The Labute approximate surface area is 118 Å². The fraction of sp³-hybridized carbons (Fsp3) is 0.0833. The van der Waals surface area contributed by atoms with Crippen LogP contribution in [0.25, 0.3) is 0 Å². The molecular weight excluding hydrogens is 318 g/mol. The first kappa shape index (κ1) is 13.0. The summed E-state index contributed by atoms with van der Waals surface area (Å²) in [5, 5.41) is 13.3. The molecule has 4 N–H and O–H groups in total. The molecule has 6 heteroatoms. The molecule has 0 spiro atoms. The van der Waals surface area contributed by atoms with Crippen molar-refractivity contribution in [2.45, 2.75) is 6.54 Å². The molecule has 2 rings (SSSR count). The van der Waals surface area contributed by atoms with Crippen LogP contribution in [0, 0.1) is 0 Å². The Kier molecular flexibility index (Phi) is 3.93. The molecule has 0 amide bonds. The van der Waals surface area contributed by atoms with E-state index in [1.54, 1.807) is 30.5 Å². The van der Waals surface area contributed by atoms with Gasteiger partial charge in [-0.15, -0.1) is 0 Å². The number of phenolic OH excluding ortho intramolecular Hbond substituents is 1. The minimum absolute atomic E-state index is 0.196. The predicted octanol–water partition coefficient (Wildman–Crippen LogP) is 3.40. The largest absolute Gasteiger partial charge is 0.508 e. The summed E-state index contributed by atoms with van der Waals surface area (Å²) in [7, 11) is 0. The van der Waals surface area contributed by atoms with Crippen LogP contribution in [0.5, 0.6) is 5.75 Å². The van der Waals surface area contributed by atoms with E-state index in [0.717, 1.165) is 4.47 Å². The molecule has 0 fully saturated rings. The zero-order valence-corrected chi connectivity index (χ0v) is 11.7. The number of hydrogen-bond donors (Lipinski definition) is 3. The van der Waals surface area contributed by atoms with Crippen molar-refractivity contribution in [3.05, 3.63) is 45.5 Å². The van der Waals surface area contributed by atoms with Crippen molar-refractivity contribution >= 4 is 39.0 Å². The highest BCUT2D eigenvalue weighted by Crippen LogP contribution is 2.25. The summed E-state index contributed by atoms with van der Waals surface area (Å²) >= 11 is 9.16. The Morgan fingerprint density at radius 3 is 2.89 bits per heavy atom. The highest BCUT2D eigenvalue weighted by Gasteiger charge is 2.05. The van der Waals surface area contributed by atoms with Gasteiger partial charge in [-0.2, -0.15) is 0 Å². The summed E-state index contributed by atoms with van der Waals surface area (Å²) in [5.41, 5.74) is 6.98. The third kappa shape index (κ3) is 3.05. The lowest BCUT2D eigenvalue weighted by Gasteiger charge is -2.09. The SMILES string of the molecule is Nc1ccc(O)c(CNc2ncc(Cl)cc2Br)c1. The van der Waals surface area contributed by atoms with Gasteiger partial charge in [0.25, 0.3) is 0 Å². The van der Waals surface area contributed by atoms with Crippen molar-refractivity contribution in [2.24, 2.45) is 0 Å². The summed E-state index contributed by atoms with van der Waals surface area (Å²) in [6.45, 7) is 0.421. The molecular formula is C12H11BrClN3O. The number of pyridine rings is 1. The highest BCUT2D eigenvalue weighted by molar-refractivity contribution is 9.10. The number of benzene rings is 1. The Morgan fingerprint density at radius 1 is 1.39 bits per heavy atom. The predicted molar refractivity (Wildman–Crippen MR) is 76.8 cm³/mol. The number of aromatic hydroxyl groups is 1. The number of nitrogens with zero attached hydrogens (tertiary/aromatic N) is 1. The van der Waals surface area contributed by atoms with Gasteiger partial charge < -0.3 is 16.2 Å². The van der Waals surface area contributed by atoms with E-state index >= 15 is 0 Å². The average Bonchev–Trinajstić information content (AvgIpc) is 2.32. The standard InChI is InChI=1S/C12H11BrClN3O/c13-10-4-8(14)6-17-12(10)16-5-7-3-9(15)1-2-11(7)18/h1-4,6,18H,5,15H2,(H,16,17). The molecule has 0 atom stereocenters. The van der Waals surface area contributed by atoms with E-state index in [4.69, 9.17) is 17.3 Å². The first-order valence-electron chi connectivity index (χ1n) is 5.18. The van der Waals surface area contributed by atoms with Gasteiger partial charge in [-0.3, -0.25) is 0 Å². The maximum atomic E-state index is 9.68. The van der Waals surface area contributed by atoms with Crippen molar-refractivity contribution < 1.29 is 5.11 Å². The Hall–Kier alpha value is -1.46. The van der Waals surface area contributed by atoms with Gasteiger partial charge in [0.05, 0.1) is 9.50 Å². The first-order chi connectivity index (χ1) is 8.56. The number of hydrogen-bond acceptors (Lipinski definition) is 4. The fourth-order valence-corrected chi connectivity index (χ4v) is 2.25. The maximum Gasteiger partial charge on any atom is 0.140 e. The van der Waals surface area contributed by atoms with E-state index in [-0.39, 0.29) is 5.75 Å². The number of nitrogen functional groups attached to an aromatic ring is 1. The summed E-state index contributed by atoms with van der Waals surface area (Å²) in [5.74, 6) is 0.850. The van der Waals surface area contributed by atoms with E-state index < -0.39 is 0 Å². The van der Waals surface area contributed by atoms with Crippen LogP contribution >= 0.6 is 27.5 Å². The lowest BCUT2D eigenvalue weighted by atomic mass is 10.2. The Balaban J connectivity index is 2.13. The minimum Gasteiger partial charge on any atom is -0.508 e. The van der Waals surface area contributed by atoms with E-state index in [9.17, 15) is 5.11 Å². The molecule has 1 aromatic carbocycles. The van der Waals surface area contributed by atoms with Gasteiger partial charge in [0.1, 0.15) is 11.6 Å². The average molecular weight is 329 g/mol. The highest BCUT2D eigenvalue weighted by atomic mass is 79.9. The van der Waals surface area contributed by atoms with Crippen LogP contribution in [0.3, 0.4) is 0 Å². The zero-order chi connectivity index (χ0) is 13.1. The number of aromatic nitrogens is 1. The zero-order valence-electron chi connectivity index (χ0n) is 9.32. The molecule has 0 aliphatic heterocycles. The van der Waals surface area contributed by atoms with E-state index in [1.165, 1.54) is 0 Å². The van der Waals surface area contributed by atoms with Gasteiger partial charge in [-0.1, -0.05) is 11.6 Å². The number of nitrogens with one attached hydrogen (secondary N) is 1. The van der Waals surface area contributed by atoms with Gasteiger partial charge in [0.2, 0.25) is 0 Å². The molecule has 4 nitrogen and oxygen atoms in total. The number of anilines is 2. The van der Waals surface area contributed by atoms with Crippen LogP contribution < -0.4 is 11.1 Å². The molecule has 0 saturated carbocycles. The van der Waals surface area contributed by atoms with Gasteiger partial charge in [-0.25, -0.2) is 4.98 Å². The number of rotatable bonds is 3. The van der Waals surface area contributed by atoms with Gasteiger partial charge >= 0.3 is 0 Å². The third-order valence-electron chi connectivity index (χ3n) is 2.36. The normalized spacial score (nSPS) is 10.3. The maximum absolute atomic E-state index is 9.68. The Morgan fingerprint density at radius 2 is 2.17 bits per heavy atom. The molecule has 0 aliphatic rings. The molecule has 0 unspecified atom stereocenters. The lowest BCUT2D eigenvalue weighted by Crippen LogP contribution is -2.03. The smallest absolute Gasteiger partial charge is 0.140 e. The van der Waals surface area contributed by atoms with E-state index in [0.29, 0.717) is 28.6 Å². The molecule has 0 aliphatic carbocycles. The van der Waals surface area contributed by atoms with Gasteiger partial charge in [0, 0.05) is 24.0 Å². The quantitative estimate of drug-likeness (QED) is 0.596. The number of halogens is 2.